The van der Waals surface area contributed by atoms with Gasteiger partial charge in [0, 0.05) is 19.5 Å². The molecule has 0 spiro atoms. The Morgan fingerprint density at radius 1 is 1.31 bits per heavy atom. The van der Waals surface area contributed by atoms with Gasteiger partial charge in [0.15, 0.2) is 6.29 Å². The number of unbranched alkanes of at least 4 members (excludes halogenated alkanes) is 1. The van der Waals surface area contributed by atoms with Gasteiger partial charge in [0.25, 0.3) is 0 Å². The predicted molar refractivity (Wildman–Crippen MR) is 54.6 cm³/mol. The van der Waals surface area contributed by atoms with Crippen molar-refractivity contribution in [3.05, 3.63) is 0 Å². The Kier molecular flexibility index (Phi) is 8.41. The number of ether oxygens (including phenoxy) is 2. The average Bonchev–Trinajstić information content (AvgIpc) is 2.17. The van der Waals surface area contributed by atoms with Crippen LogP contribution in [0, 0.1) is 17.2 Å². The molecule has 0 saturated heterocycles. The molecule has 0 aromatic heterocycles. The molecule has 0 aliphatic rings. The SMILES string of the molecule is COC(OC)C(C#N)CCCCBr. The van der Waals surface area contributed by atoms with Gasteiger partial charge in [-0.25, -0.2) is 0 Å². The average molecular weight is 250 g/mol. The largest absolute Gasteiger partial charge is 0.355 e. The predicted octanol–water partition coefficient (Wildman–Crippen LogP) is 2.31. The van der Waals surface area contributed by atoms with Crippen LogP contribution in [0.1, 0.15) is 19.3 Å². The van der Waals surface area contributed by atoms with Crippen molar-refractivity contribution in [2.24, 2.45) is 5.92 Å². The minimum absolute atomic E-state index is 0.158. The van der Waals surface area contributed by atoms with Crippen molar-refractivity contribution in [3.8, 4) is 6.07 Å². The number of hydrogen-bond donors (Lipinski definition) is 0. The van der Waals surface area contributed by atoms with E-state index in [4.69, 9.17) is 14.7 Å². The number of nitriles is 1. The molecule has 0 aliphatic heterocycles. The zero-order valence-electron chi connectivity index (χ0n) is 8.12. The minimum Gasteiger partial charge on any atom is -0.355 e. The van der Waals surface area contributed by atoms with Crippen LogP contribution in [0.5, 0.6) is 0 Å². The van der Waals surface area contributed by atoms with Gasteiger partial charge >= 0.3 is 0 Å². The second-order valence-electron chi connectivity index (χ2n) is 2.76. The van der Waals surface area contributed by atoms with Gasteiger partial charge in [-0.3, -0.25) is 0 Å². The maximum atomic E-state index is 8.84. The lowest BCUT2D eigenvalue weighted by Crippen LogP contribution is -2.23. The molecule has 0 aliphatic carbocycles. The zero-order valence-corrected chi connectivity index (χ0v) is 9.71. The number of rotatable bonds is 7. The molecular formula is C9H16BrNO2. The van der Waals surface area contributed by atoms with Gasteiger partial charge in [0.2, 0.25) is 0 Å². The summed E-state index contributed by atoms with van der Waals surface area (Å²) in [5.41, 5.74) is 0. The molecule has 0 heterocycles. The molecule has 0 rings (SSSR count). The summed E-state index contributed by atoms with van der Waals surface area (Å²) >= 11 is 3.35. The fourth-order valence-electron chi connectivity index (χ4n) is 1.14. The van der Waals surface area contributed by atoms with Crippen molar-refractivity contribution in [2.45, 2.75) is 25.6 Å². The van der Waals surface area contributed by atoms with Crippen molar-refractivity contribution < 1.29 is 9.47 Å². The van der Waals surface area contributed by atoms with Crippen LogP contribution < -0.4 is 0 Å². The van der Waals surface area contributed by atoms with E-state index in [1.54, 1.807) is 14.2 Å². The summed E-state index contributed by atoms with van der Waals surface area (Å²) in [7, 11) is 3.12. The van der Waals surface area contributed by atoms with Crippen LogP contribution in [0.3, 0.4) is 0 Å². The van der Waals surface area contributed by atoms with E-state index >= 15 is 0 Å². The molecule has 1 unspecified atom stereocenters. The summed E-state index contributed by atoms with van der Waals surface area (Å²) in [6.07, 6.45) is 2.54. The quantitative estimate of drug-likeness (QED) is 0.395. The summed E-state index contributed by atoms with van der Waals surface area (Å²) in [6, 6.07) is 2.20. The van der Waals surface area contributed by atoms with Gasteiger partial charge in [0.05, 0.1) is 12.0 Å². The number of nitrogens with zero attached hydrogens (tertiary/aromatic N) is 1. The second kappa shape index (κ2) is 8.49. The van der Waals surface area contributed by atoms with E-state index in [9.17, 15) is 0 Å². The van der Waals surface area contributed by atoms with Crippen molar-refractivity contribution in [2.75, 3.05) is 19.5 Å². The zero-order chi connectivity index (χ0) is 10.1. The molecule has 0 amide bonds. The highest BCUT2D eigenvalue weighted by Gasteiger charge is 2.19. The smallest absolute Gasteiger partial charge is 0.172 e. The first kappa shape index (κ1) is 12.9. The number of alkyl halides is 1. The van der Waals surface area contributed by atoms with Crippen LogP contribution in [0.2, 0.25) is 0 Å². The first-order valence-corrected chi connectivity index (χ1v) is 5.43. The lowest BCUT2D eigenvalue weighted by molar-refractivity contribution is -0.126. The maximum Gasteiger partial charge on any atom is 0.172 e. The Morgan fingerprint density at radius 2 is 1.92 bits per heavy atom. The number of hydrogen-bond acceptors (Lipinski definition) is 3. The lowest BCUT2D eigenvalue weighted by Gasteiger charge is -2.18. The van der Waals surface area contributed by atoms with Crippen LogP contribution in [0.25, 0.3) is 0 Å². The van der Waals surface area contributed by atoms with Crippen LogP contribution in [0.15, 0.2) is 0 Å². The van der Waals surface area contributed by atoms with Crippen LogP contribution >= 0.6 is 15.9 Å². The van der Waals surface area contributed by atoms with Crippen molar-refractivity contribution in [1.82, 2.24) is 0 Å². The van der Waals surface area contributed by atoms with Gasteiger partial charge in [-0.1, -0.05) is 22.4 Å². The third-order valence-electron chi connectivity index (χ3n) is 1.86. The van der Waals surface area contributed by atoms with E-state index in [1.165, 1.54) is 0 Å². The van der Waals surface area contributed by atoms with Gasteiger partial charge in [-0.2, -0.15) is 5.26 Å². The molecule has 1 atom stereocenters. The molecule has 0 aromatic carbocycles. The molecule has 4 heteroatoms. The summed E-state index contributed by atoms with van der Waals surface area (Å²) in [4.78, 5) is 0. The highest BCUT2D eigenvalue weighted by molar-refractivity contribution is 9.09. The normalized spacial score (nSPS) is 12.8. The van der Waals surface area contributed by atoms with Gasteiger partial charge in [-0.05, 0) is 12.8 Å². The molecule has 13 heavy (non-hydrogen) atoms. The highest BCUT2D eigenvalue weighted by Crippen LogP contribution is 2.15. The molecule has 0 N–H and O–H groups in total. The fourth-order valence-corrected chi connectivity index (χ4v) is 1.54. The Morgan fingerprint density at radius 3 is 2.31 bits per heavy atom. The molecule has 0 saturated carbocycles. The summed E-state index contributed by atoms with van der Waals surface area (Å²) in [5, 5.41) is 9.82. The third-order valence-corrected chi connectivity index (χ3v) is 2.42. The van der Waals surface area contributed by atoms with Gasteiger partial charge < -0.3 is 9.47 Å². The molecule has 0 fully saturated rings. The highest BCUT2D eigenvalue weighted by atomic mass is 79.9. The van der Waals surface area contributed by atoms with Crippen molar-refractivity contribution in [1.29, 1.82) is 5.26 Å². The summed E-state index contributed by atoms with van der Waals surface area (Å²) < 4.78 is 10.1. The fraction of sp³-hybridized carbons (Fsp3) is 0.889. The maximum absolute atomic E-state index is 8.84. The van der Waals surface area contributed by atoms with E-state index in [1.807, 2.05) is 0 Å². The molecule has 76 valence electrons. The Bertz CT molecular complexity index is 154. The van der Waals surface area contributed by atoms with Crippen molar-refractivity contribution in [3.63, 3.8) is 0 Å². The van der Waals surface area contributed by atoms with E-state index < -0.39 is 0 Å². The van der Waals surface area contributed by atoms with Gasteiger partial charge in [-0.15, -0.1) is 0 Å². The minimum atomic E-state index is -0.389. The Hall–Kier alpha value is -0.110. The molecule has 0 aromatic rings. The lowest BCUT2D eigenvalue weighted by atomic mass is 10.0. The third kappa shape index (κ3) is 5.25. The Balaban J connectivity index is 3.80. The summed E-state index contributed by atoms with van der Waals surface area (Å²) in [6.45, 7) is 0. The van der Waals surface area contributed by atoms with Crippen LogP contribution in [-0.4, -0.2) is 25.8 Å². The number of methoxy groups -OCH3 is 2. The topological polar surface area (TPSA) is 42.2 Å². The second-order valence-corrected chi connectivity index (χ2v) is 3.55. The number of halogens is 1. The van der Waals surface area contributed by atoms with Gasteiger partial charge in [0.1, 0.15) is 0 Å². The van der Waals surface area contributed by atoms with E-state index in [2.05, 4.69) is 22.0 Å². The molecule has 3 nitrogen and oxygen atoms in total. The molecule has 0 radical (unpaired) electrons. The Labute approximate surface area is 88.1 Å². The first-order valence-electron chi connectivity index (χ1n) is 4.31. The standard InChI is InChI=1S/C9H16BrNO2/c1-12-9(13-2)8(7-11)5-3-4-6-10/h8-9H,3-6H2,1-2H3. The molecular weight excluding hydrogens is 234 g/mol. The van der Waals surface area contributed by atoms with Crippen LogP contribution in [0.4, 0.5) is 0 Å². The first-order chi connectivity index (χ1) is 6.29. The van der Waals surface area contributed by atoms with E-state index in [0.717, 1.165) is 24.6 Å². The summed E-state index contributed by atoms with van der Waals surface area (Å²) in [5.74, 6) is -0.158. The van der Waals surface area contributed by atoms with Crippen LogP contribution in [-0.2, 0) is 9.47 Å². The monoisotopic (exact) mass is 249 g/mol. The van der Waals surface area contributed by atoms with Crippen molar-refractivity contribution >= 4 is 15.9 Å². The van der Waals surface area contributed by atoms with E-state index in [-0.39, 0.29) is 12.2 Å². The van der Waals surface area contributed by atoms with E-state index in [0.29, 0.717) is 0 Å². The molecule has 0 bridgehead atoms.